The molecule has 0 aliphatic carbocycles. The third-order valence-corrected chi connectivity index (χ3v) is 4.09. The SMILES string of the molecule is Oc1ccccc1OCc1cc2cc(Cl)ccc2s1. The molecule has 0 aliphatic rings. The Kier molecular flexibility index (Phi) is 3.32. The van der Waals surface area contributed by atoms with E-state index in [0.717, 1.165) is 15.3 Å². The molecule has 0 bridgehead atoms. The molecule has 0 saturated carbocycles. The van der Waals surface area contributed by atoms with E-state index >= 15 is 0 Å². The molecule has 3 aromatic rings. The van der Waals surface area contributed by atoms with Gasteiger partial charge < -0.3 is 9.84 Å². The summed E-state index contributed by atoms with van der Waals surface area (Å²) in [6, 6.07) is 14.9. The number of phenolic OH excluding ortho intramolecular Hbond substituents is 1. The van der Waals surface area contributed by atoms with Gasteiger partial charge in [-0.05, 0) is 41.8 Å². The number of para-hydroxylation sites is 2. The average Bonchev–Trinajstić information content (AvgIpc) is 2.79. The van der Waals surface area contributed by atoms with Crippen molar-refractivity contribution in [2.24, 2.45) is 0 Å². The third kappa shape index (κ3) is 2.67. The topological polar surface area (TPSA) is 29.5 Å². The zero-order valence-electron chi connectivity index (χ0n) is 9.97. The number of rotatable bonds is 3. The van der Waals surface area contributed by atoms with Gasteiger partial charge in [-0.1, -0.05) is 23.7 Å². The van der Waals surface area contributed by atoms with Crippen molar-refractivity contribution in [2.75, 3.05) is 0 Å². The monoisotopic (exact) mass is 290 g/mol. The molecule has 4 heteroatoms. The van der Waals surface area contributed by atoms with Crippen LogP contribution in [0.15, 0.2) is 48.5 Å². The van der Waals surface area contributed by atoms with Crippen LogP contribution < -0.4 is 4.74 Å². The number of hydrogen-bond acceptors (Lipinski definition) is 3. The van der Waals surface area contributed by atoms with Crippen LogP contribution in [-0.4, -0.2) is 5.11 Å². The van der Waals surface area contributed by atoms with Gasteiger partial charge >= 0.3 is 0 Å². The first kappa shape index (κ1) is 12.3. The maximum atomic E-state index is 9.63. The Bertz CT molecular complexity index is 721. The second kappa shape index (κ2) is 5.11. The van der Waals surface area contributed by atoms with Crippen molar-refractivity contribution in [3.05, 3.63) is 58.4 Å². The number of benzene rings is 2. The fourth-order valence-electron chi connectivity index (χ4n) is 1.87. The molecule has 0 atom stereocenters. The molecule has 0 fully saturated rings. The van der Waals surface area contributed by atoms with Crippen molar-refractivity contribution in [1.29, 1.82) is 0 Å². The Morgan fingerprint density at radius 2 is 1.95 bits per heavy atom. The lowest BCUT2D eigenvalue weighted by molar-refractivity contribution is 0.292. The normalized spacial score (nSPS) is 10.8. The van der Waals surface area contributed by atoms with Gasteiger partial charge in [-0.15, -0.1) is 11.3 Å². The second-order valence-electron chi connectivity index (χ2n) is 4.15. The van der Waals surface area contributed by atoms with E-state index in [9.17, 15) is 5.11 Å². The molecule has 3 rings (SSSR count). The average molecular weight is 291 g/mol. The Morgan fingerprint density at radius 1 is 1.11 bits per heavy atom. The van der Waals surface area contributed by atoms with Gasteiger partial charge in [0.15, 0.2) is 11.5 Å². The summed E-state index contributed by atoms with van der Waals surface area (Å²) >= 11 is 7.63. The Labute approximate surface area is 119 Å². The highest BCUT2D eigenvalue weighted by Crippen LogP contribution is 2.30. The summed E-state index contributed by atoms with van der Waals surface area (Å²) < 4.78 is 6.79. The van der Waals surface area contributed by atoms with Gasteiger partial charge in [0.2, 0.25) is 0 Å². The van der Waals surface area contributed by atoms with Crippen LogP contribution in [0, 0.1) is 0 Å². The van der Waals surface area contributed by atoms with E-state index < -0.39 is 0 Å². The lowest BCUT2D eigenvalue weighted by Crippen LogP contribution is -1.92. The molecule has 1 heterocycles. The van der Waals surface area contributed by atoms with E-state index in [1.165, 1.54) is 4.70 Å². The molecule has 19 heavy (non-hydrogen) atoms. The van der Waals surface area contributed by atoms with Crippen molar-refractivity contribution in [3.63, 3.8) is 0 Å². The van der Waals surface area contributed by atoms with Crippen LogP contribution in [0.5, 0.6) is 11.5 Å². The minimum absolute atomic E-state index is 0.159. The predicted molar refractivity (Wildman–Crippen MR) is 79.3 cm³/mol. The van der Waals surface area contributed by atoms with E-state index in [4.69, 9.17) is 16.3 Å². The van der Waals surface area contributed by atoms with Crippen molar-refractivity contribution < 1.29 is 9.84 Å². The fraction of sp³-hybridized carbons (Fsp3) is 0.0667. The molecule has 1 aromatic heterocycles. The molecular weight excluding hydrogens is 280 g/mol. The van der Waals surface area contributed by atoms with E-state index in [2.05, 4.69) is 6.07 Å². The summed E-state index contributed by atoms with van der Waals surface area (Å²) in [6.07, 6.45) is 0. The Morgan fingerprint density at radius 3 is 2.79 bits per heavy atom. The second-order valence-corrected chi connectivity index (χ2v) is 5.76. The third-order valence-electron chi connectivity index (χ3n) is 2.76. The first-order valence-electron chi connectivity index (χ1n) is 5.81. The maximum Gasteiger partial charge on any atom is 0.161 e. The Hall–Kier alpha value is -1.71. The van der Waals surface area contributed by atoms with Crippen LogP contribution in [0.2, 0.25) is 5.02 Å². The molecule has 0 spiro atoms. The van der Waals surface area contributed by atoms with Crippen molar-refractivity contribution >= 4 is 33.0 Å². The fourth-order valence-corrected chi connectivity index (χ4v) is 3.01. The number of fused-ring (bicyclic) bond motifs is 1. The highest BCUT2D eigenvalue weighted by molar-refractivity contribution is 7.19. The lowest BCUT2D eigenvalue weighted by Gasteiger charge is -2.05. The molecule has 96 valence electrons. The number of halogens is 1. The zero-order chi connectivity index (χ0) is 13.2. The summed E-state index contributed by atoms with van der Waals surface area (Å²) in [4.78, 5) is 1.10. The summed E-state index contributed by atoms with van der Waals surface area (Å²) in [5.74, 6) is 0.657. The molecular formula is C15H11ClO2S. The standard InChI is InChI=1S/C15H11ClO2S/c16-11-5-6-15-10(7-11)8-12(19-15)9-18-14-4-2-1-3-13(14)17/h1-8,17H,9H2. The van der Waals surface area contributed by atoms with Crippen molar-refractivity contribution in [1.82, 2.24) is 0 Å². The molecule has 0 unspecified atom stereocenters. The molecule has 2 nitrogen and oxygen atoms in total. The van der Waals surface area contributed by atoms with Gasteiger partial charge in [0.25, 0.3) is 0 Å². The molecule has 0 saturated heterocycles. The van der Waals surface area contributed by atoms with E-state index in [0.29, 0.717) is 12.4 Å². The van der Waals surface area contributed by atoms with Gasteiger partial charge in [-0.25, -0.2) is 0 Å². The van der Waals surface area contributed by atoms with Crippen LogP contribution >= 0.6 is 22.9 Å². The quantitative estimate of drug-likeness (QED) is 0.748. The van der Waals surface area contributed by atoms with Gasteiger partial charge in [0, 0.05) is 14.6 Å². The number of phenols is 1. The predicted octanol–water partition coefficient (Wildman–Crippen LogP) is 4.84. The van der Waals surface area contributed by atoms with E-state index in [1.807, 2.05) is 24.3 Å². The summed E-state index contributed by atoms with van der Waals surface area (Å²) in [6.45, 7) is 0.439. The van der Waals surface area contributed by atoms with Gasteiger partial charge in [0.1, 0.15) is 6.61 Å². The number of hydrogen-bond donors (Lipinski definition) is 1. The molecule has 0 amide bonds. The zero-order valence-corrected chi connectivity index (χ0v) is 11.5. The lowest BCUT2D eigenvalue weighted by atomic mass is 10.2. The first-order valence-corrected chi connectivity index (χ1v) is 7.00. The minimum atomic E-state index is 0.159. The number of ether oxygens (including phenoxy) is 1. The van der Waals surface area contributed by atoms with Crippen LogP contribution in [0.3, 0.4) is 0 Å². The minimum Gasteiger partial charge on any atom is -0.504 e. The molecule has 2 aromatic carbocycles. The smallest absolute Gasteiger partial charge is 0.161 e. The van der Waals surface area contributed by atoms with E-state index in [1.54, 1.807) is 29.5 Å². The van der Waals surface area contributed by atoms with Crippen LogP contribution in [-0.2, 0) is 6.61 Å². The first-order chi connectivity index (χ1) is 9.22. The molecule has 1 N–H and O–H groups in total. The molecule has 0 radical (unpaired) electrons. The van der Waals surface area contributed by atoms with Crippen LogP contribution in [0.4, 0.5) is 0 Å². The largest absolute Gasteiger partial charge is 0.504 e. The summed E-state index contributed by atoms with van der Waals surface area (Å²) in [7, 11) is 0. The summed E-state index contributed by atoms with van der Waals surface area (Å²) in [5, 5.41) is 11.5. The maximum absolute atomic E-state index is 9.63. The molecule has 0 aliphatic heterocycles. The summed E-state index contributed by atoms with van der Waals surface area (Å²) in [5.41, 5.74) is 0. The van der Waals surface area contributed by atoms with Gasteiger partial charge in [-0.2, -0.15) is 0 Å². The van der Waals surface area contributed by atoms with Crippen LogP contribution in [0.25, 0.3) is 10.1 Å². The van der Waals surface area contributed by atoms with Crippen molar-refractivity contribution in [2.45, 2.75) is 6.61 Å². The Balaban J connectivity index is 1.80. The van der Waals surface area contributed by atoms with Gasteiger partial charge in [0.05, 0.1) is 0 Å². The highest BCUT2D eigenvalue weighted by Gasteiger charge is 2.05. The van der Waals surface area contributed by atoms with Gasteiger partial charge in [-0.3, -0.25) is 0 Å². The van der Waals surface area contributed by atoms with Crippen LogP contribution in [0.1, 0.15) is 4.88 Å². The van der Waals surface area contributed by atoms with E-state index in [-0.39, 0.29) is 5.75 Å². The highest BCUT2D eigenvalue weighted by atomic mass is 35.5. The number of thiophene rings is 1. The van der Waals surface area contributed by atoms with Crippen molar-refractivity contribution in [3.8, 4) is 11.5 Å². The number of aromatic hydroxyl groups is 1.